The molecule has 0 saturated carbocycles. The van der Waals surface area contributed by atoms with E-state index in [2.05, 4.69) is 50.6 Å². The van der Waals surface area contributed by atoms with Crippen LogP contribution in [0.5, 0.6) is 0 Å². The van der Waals surface area contributed by atoms with Crippen LogP contribution in [0.4, 0.5) is 0 Å². The van der Waals surface area contributed by atoms with Crippen LogP contribution in [0, 0.1) is 12.8 Å². The van der Waals surface area contributed by atoms with Gasteiger partial charge in [0.1, 0.15) is 0 Å². The van der Waals surface area contributed by atoms with Gasteiger partial charge >= 0.3 is 81.1 Å². The predicted octanol–water partition coefficient (Wildman–Crippen LogP) is 5.56. The molecule has 0 amide bonds. The zero-order valence-electron chi connectivity index (χ0n) is 12.9. The third-order valence-electron chi connectivity index (χ3n) is 3.08. The predicted molar refractivity (Wildman–Crippen MR) is 84.3 cm³/mol. The van der Waals surface area contributed by atoms with Crippen molar-refractivity contribution in [2.45, 2.75) is 64.4 Å². The molecule has 0 saturated heterocycles. The molecule has 0 fully saturated rings. The molecule has 0 aliphatic rings. The van der Waals surface area contributed by atoms with Crippen LogP contribution < -0.4 is 0 Å². The van der Waals surface area contributed by atoms with Crippen LogP contribution in [0.3, 0.4) is 0 Å². The summed E-state index contributed by atoms with van der Waals surface area (Å²) in [6.45, 7) is 6.71. The Bertz CT molecular complexity index is 254. The van der Waals surface area contributed by atoms with E-state index < -0.39 is 0 Å². The van der Waals surface area contributed by atoms with Gasteiger partial charge in [0.25, 0.3) is 0 Å². The normalized spacial score (nSPS) is 10.1. The summed E-state index contributed by atoms with van der Waals surface area (Å²) in [6.07, 6.45) is 8.67. The van der Waals surface area contributed by atoms with Crippen molar-refractivity contribution >= 4 is 17.7 Å². The number of rotatable bonds is 7. The summed E-state index contributed by atoms with van der Waals surface area (Å²) >= 11 is 2.27. The van der Waals surface area contributed by atoms with Crippen molar-refractivity contribution in [1.82, 2.24) is 0 Å². The average Bonchev–Trinajstić information content (AvgIpc) is 2.35. The third-order valence-corrected chi connectivity index (χ3v) is 3.08. The van der Waals surface area contributed by atoms with Gasteiger partial charge < -0.3 is 0 Å². The fourth-order valence-electron chi connectivity index (χ4n) is 1.87. The third kappa shape index (κ3) is 13.9. The quantitative estimate of drug-likeness (QED) is 0.432. The molecule has 0 unspecified atom stereocenters. The fourth-order valence-corrected chi connectivity index (χ4v) is 1.87. The van der Waals surface area contributed by atoms with E-state index in [9.17, 15) is 0 Å². The number of benzene rings is 1. The SMILES string of the molecule is Cc1ccccc1.[Li][CH2]CCCCCCC(C)C. The Kier molecular flexibility index (Phi) is 13.1. The zero-order valence-corrected chi connectivity index (χ0v) is 12.9. The maximum atomic E-state index is 2.31. The van der Waals surface area contributed by atoms with Gasteiger partial charge in [-0.2, -0.15) is 0 Å². The van der Waals surface area contributed by atoms with Crippen molar-refractivity contribution in [3.63, 3.8) is 0 Å². The monoisotopic (exact) mass is 240 g/mol. The molecule has 0 spiro atoms. The van der Waals surface area contributed by atoms with Crippen LogP contribution in [0.2, 0.25) is 5.09 Å². The molecule has 98 valence electrons. The molecular formula is C17H29Li. The van der Waals surface area contributed by atoms with Crippen molar-refractivity contribution in [3.8, 4) is 0 Å². The molecule has 0 radical (unpaired) electrons. The summed E-state index contributed by atoms with van der Waals surface area (Å²) in [5.74, 6) is 0.904. The van der Waals surface area contributed by atoms with Crippen LogP contribution in [-0.2, 0) is 0 Å². The van der Waals surface area contributed by atoms with Crippen LogP contribution in [0.15, 0.2) is 30.3 Å². The van der Waals surface area contributed by atoms with Gasteiger partial charge in [-0.05, 0) is 6.92 Å². The number of hydrogen-bond donors (Lipinski definition) is 0. The molecule has 1 aromatic carbocycles. The van der Waals surface area contributed by atoms with Gasteiger partial charge in [0.05, 0.1) is 0 Å². The number of aryl methyl sites for hydroxylation is 1. The molecule has 0 N–H and O–H groups in total. The van der Waals surface area contributed by atoms with Crippen molar-refractivity contribution in [2.75, 3.05) is 0 Å². The van der Waals surface area contributed by atoms with Gasteiger partial charge in [-0.25, -0.2) is 0 Å². The van der Waals surface area contributed by atoms with E-state index in [1.54, 1.807) is 0 Å². The van der Waals surface area contributed by atoms with E-state index in [1.807, 2.05) is 18.2 Å². The van der Waals surface area contributed by atoms with Gasteiger partial charge in [0.2, 0.25) is 0 Å². The van der Waals surface area contributed by atoms with E-state index in [0.717, 1.165) is 5.92 Å². The summed E-state index contributed by atoms with van der Waals surface area (Å²) in [4.78, 5) is 0. The Morgan fingerprint density at radius 2 is 1.44 bits per heavy atom. The second-order valence-corrected chi connectivity index (χ2v) is 5.60. The molecule has 0 bridgehead atoms. The van der Waals surface area contributed by atoms with Crippen LogP contribution >= 0.6 is 0 Å². The minimum atomic E-state index is 0.904. The van der Waals surface area contributed by atoms with E-state index in [4.69, 9.17) is 0 Å². The topological polar surface area (TPSA) is 0 Å². The summed E-state index contributed by atoms with van der Waals surface area (Å²) < 4.78 is 0. The molecule has 1 rings (SSSR count). The molecule has 0 aliphatic heterocycles. The molecule has 0 heterocycles. The Morgan fingerprint density at radius 3 is 1.89 bits per heavy atom. The van der Waals surface area contributed by atoms with Crippen molar-refractivity contribution in [3.05, 3.63) is 35.9 Å². The molecule has 0 aromatic heterocycles. The van der Waals surface area contributed by atoms with Gasteiger partial charge in [-0.3, -0.25) is 0 Å². The van der Waals surface area contributed by atoms with E-state index in [-0.39, 0.29) is 0 Å². The van der Waals surface area contributed by atoms with E-state index in [1.165, 1.54) is 49.2 Å². The first-order valence-corrected chi connectivity index (χ1v) is 7.68. The maximum absolute atomic E-state index is 2.31. The molecular weight excluding hydrogens is 211 g/mol. The van der Waals surface area contributed by atoms with Gasteiger partial charge in [0, 0.05) is 0 Å². The molecule has 0 aliphatic carbocycles. The Morgan fingerprint density at radius 1 is 0.889 bits per heavy atom. The van der Waals surface area contributed by atoms with Gasteiger partial charge in [0.15, 0.2) is 0 Å². The summed E-state index contributed by atoms with van der Waals surface area (Å²) in [7, 11) is 0. The summed E-state index contributed by atoms with van der Waals surface area (Å²) in [5, 5.41) is 1.37. The average molecular weight is 240 g/mol. The van der Waals surface area contributed by atoms with Gasteiger partial charge in [-0.15, -0.1) is 0 Å². The summed E-state index contributed by atoms with van der Waals surface area (Å²) in [5.41, 5.74) is 1.32. The molecule has 18 heavy (non-hydrogen) atoms. The minimum absolute atomic E-state index is 0.904. The zero-order chi connectivity index (χ0) is 13.6. The first-order chi connectivity index (χ1) is 8.66. The molecule has 1 aromatic rings. The second-order valence-electron chi connectivity index (χ2n) is 5.60. The fraction of sp³-hybridized carbons (Fsp3) is 0.647. The molecule has 0 atom stereocenters. The van der Waals surface area contributed by atoms with Gasteiger partial charge in [-0.1, -0.05) is 35.9 Å². The standard InChI is InChI=1S/C10H21.C7H8.Li/c1-4-5-6-7-8-9-10(2)3;1-7-5-3-2-4-6-7;/h10H,1,4-9H2,2-3H3;2-6H,1H3;. The molecule has 1 heteroatoms. The summed E-state index contributed by atoms with van der Waals surface area (Å²) in [6, 6.07) is 10.3. The van der Waals surface area contributed by atoms with Crippen molar-refractivity contribution in [1.29, 1.82) is 0 Å². The van der Waals surface area contributed by atoms with Crippen molar-refractivity contribution < 1.29 is 0 Å². The van der Waals surface area contributed by atoms with Crippen molar-refractivity contribution in [2.24, 2.45) is 5.92 Å². The number of unbranched alkanes of at least 4 members (excludes halogenated alkanes) is 4. The van der Waals surface area contributed by atoms with E-state index >= 15 is 0 Å². The van der Waals surface area contributed by atoms with Crippen LogP contribution in [0.25, 0.3) is 0 Å². The van der Waals surface area contributed by atoms with Crippen LogP contribution in [0.1, 0.15) is 57.9 Å². The first-order valence-electron chi connectivity index (χ1n) is 7.68. The van der Waals surface area contributed by atoms with Crippen LogP contribution in [-0.4, -0.2) is 17.7 Å². The second kappa shape index (κ2) is 13.3. The Balaban J connectivity index is 0.000000351. The number of hydrogen-bond acceptors (Lipinski definition) is 0. The first kappa shape index (κ1) is 17.8. The molecule has 0 nitrogen and oxygen atoms in total. The van der Waals surface area contributed by atoms with E-state index in [0.29, 0.717) is 0 Å². The Hall–Kier alpha value is -0.183. The Labute approximate surface area is 124 Å².